The van der Waals surface area contributed by atoms with Gasteiger partial charge in [0.25, 0.3) is 5.56 Å². The van der Waals surface area contributed by atoms with Crippen LogP contribution in [-0.4, -0.2) is 39.3 Å². The van der Waals surface area contributed by atoms with Crippen molar-refractivity contribution in [1.82, 2.24) is 14.5 Å². The normalized spacial score (nSPS) is 11.1. The molecule has 0 atom stereocenters. The first-order chi connectivity index (χ1) is 15.4. The van der Waals surface area contributed by atoms with Gasteiger partial charge in [0.1, 0.15) is 0 Å². The molecule has 0 unspecified atom stereocenters. The Morgan fingerprint density at radius 2 is 1.97 bits per heavy atom. The Morgan fingerprint density at radius 3 is 2.78 bits per heavy atom. The average molecular weight is 469 g/mol. The highest BCUT2D eigenvalue weighted by Crippen LogP contribution is 2.27. The zero-order valence-corrected chi connectivity index (χ0v) is 19.1. The van der Waals surface area contributed by atoms with E-state index in [4.69, 9.17) is 0 Å². The fourth-order valence-electron chi connectivity index (χ4n) is 3.13. The maximum Gasteiger partial charge on any atom is 0.307 e. The van der Waals surface area contributed by atoms with Crippen LogP contribution in [0.25, 0.3) is 21.1 Å². The van der Waals surface area contributed by atoms with Gasteiger partial charge in [-0.1, -0.05) is 41.3 Å². The molecule has 4 rings (SSSR count). The zero-order valence-electron chi connectivity index (χ0n) is 17.5. The van der Waals surface area contributed by atoms with Crippen molar-refractivity contribution >= 4 is 61.2 Å². The van der Waals surface area contributed by atoms with E-state index in [-0.39, 0.29) is 30.2 Å². The van der Waals surface area contributed by atoms with E-state index in [0.29, 0.717) is 21.2 Å². The number of thiazole rings is 1. The molecule has 2 aromatic heterocycles. The molecule has 8 nitrogen and oxygen atoms in total. The SMILES string of the molecule is COC(=O)CCn1c(SCC(=O)Nc2nc3ccc(C)cc3s2)nc2ccccc2c1=O. The Balaban J connectivity index is 1.53. The molecular weight excluding hydrogens is 448 g/mol. The molecule has 0 aliphatic rings. The molecule has 0 saturated heterocycles. The highest BCUT2D eigenvalue weighted by atomic mass is 32.2. The van der Waals surface area contributed by atoms with E-state index in [9.17, 15) is 14.4 Å². The van der Waals surface area contributed by atoms with Crippen LogP contribution in [0.2, 0.25) is 0 Å². The highest BCUT2D eigenvalue weighted by Gasteiger charge is 2.15. The molecule has 0 radical (unpaired) electrons. The van der Waals surface area contributed by atoms with Crippen molar-refractivity contribution in [2.24, 2.45) is 0 Å². The number of hydrogen-bond acceptors (Lipinski definition) is 8. The van der Waals surface area contributed by atoms with Crippen LogP contribution in [0, 0.1) is 6.92 Å². The Bertz CT molecular complexity index is 1380. The number of rotatable bonds is 7. The molecule has 0 saturated carbocycles. The number of para-hydroxylation sites is 1. The summed E-state index contributed by atoms with van der Waals surface area (Å²) in [5.74, 6) is -0.643. The van der Waals surface area contributed by atoms with Gasteiger partial charge >= 0.3 is 5.97 Å². The van der Waals surface area contributed by atoms with Crippen molar-refractivity contribution in [1.29, 1.82) is 0 Å². The largest absolute Gasteiger partial charge is 0.469 e. The number of aryl methyl sites for hydroxylation is 1. The molecule has 0 aliphatic heterocycles. The van der Waals surface area contributed by atoms with Crippen molar-refractivity contribution in [3.05, 3.63) is 58.4 Å². The monoisotopic (exact) mass is 468 g/mol. The summed E-state index contributed by atoms with van der Waals surface area (Å²) in [5.41, 5.74) is 2.23. The lowest BCUT2D eigenvalue weighted by Crippen LogP contribution is -2.25. The predicted molar refractivity (Wildman–Crippen MR) is 126 cm³/mol. The number of carbonyl (C=O) groups is 2. The summed E-state index contributed by atoms with van der Waals surface area (Å²) in [6.07, 6.45) is 0.0291. The van der Waals surface area contributed by atoms with E-state index < -0.39 is 5.97 Å². The minimum atomic E-state index is -0.426. The lowest BCUT2D eigenvalue weighted by molar-refractivity contribution is -0.140. The van der Waals surface area contributed by atoms with Gasteiger partial charge in [-0.15, -0.1) is 0 Å². The third-order valence-corrected chi connectivity index (χ3v) is 6.63. The van der Waals surface area contributed by atoms with Gasteiger partial charge < -0.3 is 10.1 Å². The number of carbonyl (C=O) groups excluding carboxylic acids is 2. The molecule has 32 heavy (non-hydrogen) atoms. The molecule has 0 spiro atoms. The van der Waals surface area contributed by atoms with Crippen molar-refractivity contribution in [3.63, 3.8) is 0 Å². The maximum absolute atomic E-state index is 13.0. The van der Waals surface area contributed by atoms with Gasteiger partial charge in [0.15, 0.2) is 10.3 Å². The smallest absolute Gasteiger partial charge is 0.307 e. The summed E-state index contributed by atoms with van der Waals surface area (Å²) in [5, 5.41) is 4.15. The number of aromatic nitrogens is 3. The first kappa shape index (κ1) is 22.0. The Hall–Kier alpha value is -3.24. The van der Waals surface area contributed by atoms with E-state index in [2.05, 4.69) is 20.0 Å². The lowest BCUT2D eigenvalue weighted by atomic mass is 10.2. The molecule has 0 fully saturated rings. The molecule has 2 heterocycles. The van der Waals surface area contributed by atoms with E-state index in [0.717, 1.165) is 27.5 Å². The van der Waals surface area contributed by atoms with Crippen molar-refractivity contribution < 1.29 is 14.3 Å². The molecule has 4 aromatic rings. The Morgan fingerprint density at radius 1 is 1.16 bits per heavy atom. The van der Waals surface area contributed by atoms with Crippen molar-refractivity contribution in [3.8, 4) is 0 Å². The molecule has 164 valence electrons. The molecule has 10 heteroatoms. The van der Waals surface area contributed by atoms with E-state index in [1.807, 2.05) is 25.1 Å². The highest BCUT2D eigenvalue weighted by molar-refractivity contribution is 7.99. The summed E-state index contributed by atoms with van der Waals surface area (Å²) < 4.78 is 7.10. The van der Waals surface area contributed by atoms with Crippen LogP contribution in [-0.2, 0) is 20.9 Å². The van der Waals surface area contributed by atoms with Gasteiger partial charge in [0, 0.05) is 6.54 Å². The fraction of sp³-hybridized carbons (Fsp3) is 0.227. The average Bonchev–Trinajstić information content (AvgIpc) is 3.18. The number of hydrogen-bond donors (Lipinski definition) is 1. The van der Waals surface area contributed by atoms with E-state index in [1.54, 1.807) is 24.3 Å². The van der Waals surface area contributed by atoms with Crippen molar-refractivity contribution in [2.45, 2.75) is 25.0 Å². The Labute approximate surface area is 191 Å². The van der Waals surface area contributed by atoms with Crippen LogP contribution in [0.5, 0.6) is 0 Å². The predicted octanol–water partition coefficient (Wildman–Crippen LogP) is 3.61. The fourth-order valence-corrected chi connectivity index (χ4v) is 4.94. The van der Waals surface area contributed by atoms with Gasteiger partial charge in [-0.3, -0.25) is 19.0 Å². The molecule has 0 aliphatic carbocycles. The van der Waals surface area contributed by atoms with E-state index >= 15 is 0 Å². The van der Waals surface area contributed by atoms with Gasteiger partial charge in [-0.25, -0.2) is 9.97 Å². The number of esters is 1. The third-order valence-electron chi connectivity index (χ3n) is 4.72. The summed E-state index contributed by atoms with van der Waals surface area (Å²) in [7, 11) is 1.30. The number of ether oxygens (including phenoxy) is 1. The van der Waals surface area contributed by atoms with Gasteiger partial charge in [-0.05, 0) is 36.8 Å². The number of nitrogens with zero attached hydrogens (tertiary/aromatic N) is 3. The summed E-state index contributed by atoms with van der Waals surface area (Å²) >= 11 is 2.54. The first-order valence-corrected chi connectivity index (χ1v) is 11.6. The molecule has 2 aromatic carbocycles. The maximum atomic E-state index is 13.0. The molecular formula is C22H20N4O4S2. The van der Waals surface area contributed by atoms with Gasteiger partial charge in [0.2, 0.25) is 5.91 Å². The number of thioether (sulfide) groups is 1. The van der Waals surface area contributed by atoms with E-state index in [1.165, 1.54) is 23.0 Å². The summed E-state index contributed by atoms with van der Waals surface area (Å²) in [6, 6.07) is 12.9. The number of anilines is 1. The third kappa shape index (κ3) is 4.81. The summed E-state index contributed by atoms with van der Waals surface area (Å²) in [6.45, 7) is 2.12. The number of benzene rings is 2. The zero-order chi connectivity index (χ0) is 22.7. The van der Waals surface area contributed by atoms with Crippen molar-refractivity contribution in [2.75, 3.05) is 18.2 Å². The Kier molecular flexibility index (Phi) is 6.52. The number of amides is 1. The minimum absolute atomic E-state index is 0.0291. The number of fused-ring (bicyclic) bond motifs is 2. The van der Waals surface area contributed by atoms with Crippen LogP contribution in [0.3, 0.4) is 0 Å². The van der Waals surface area contributed by atoms with Crippen LogP contribution in [0.15, 0.2) is 52.4 Å². The minimum Gasteiger partial charge on any atom is -0.469 e. The molecule has 0 bridgehead atoms. The summed E-state index contributed by atoms with van der Waals surface area (Å²) in [4.78, 5) is 46.1. The van der Waals surface area contributed by atoms with Crippen LogP contribution >= 0.6 is 23.1 Å². The molecule has 1 amide bonds. The second-order valence-electron chi connectivity index (χ2n) is 7.02. The second-order valence-corrected chi connectivity index (χ2v) is 8.99. The lowest BCUT2D eigenvalue weighted by Gasteiger charge is -2.12. The second kappa shape index (κ2) is 9.49. The standard InChI is InChI=1S/C22H20N4O4S2/c1-13-7-8-16-17(11-13)32-21(23-16)25-18(27)12-31-22-24-15-6-4-3-5-14(15)20(29)26(22)10-9-19(28)30-2/h3-8,11H,9-10,12H2,1-2H3,(H,23,25,27). The topological polar surface area (TPSA) is 103 Å². The van der Waals surface area contributed by atoms with Gasteiger partial charge in [0.05, 0.1) is 40.4 Å². The number of methoxy groups -OCH3 is 1. The number of nitrogens with one attached hydrogen (secondary N) is 1. The quantitative estimate of drug-likeness (QED) is 0.251. The first-order valence-electron chi connectivity index (χ1n) is 9.81. The van der Waals surface area contributed by atoms with Crippen LogP contribution in [0.1, 0.15) is 12.0 Å². The molecule has 1 N–H and O–H groups in total. The van der Waals surface area contributed by atoms with Crippen LogP contribution in [0.4, 0.5) is 5.13 Å². The van der Waals surface area contributed by atoms with Crippen LogP contribution < -0.4 is 10.9 Å². The van der Waals surface area contributed by atoms with Gasteiger partial charge in [-0.2, -0.15) is 0 Å².